The van der Waals surface area contributed by atoms with Crippen molar-refractivity contribution in [1.82, 2.24) is 5.32 Å². The predicted molar refractivity (Wildman–Crippen MR) is 84.3 cm³/mol. The molecule has 4 nitrogen and oxygen atoms in total. The monoisotopic (exact) mass is 305 g/mol. The number of carboxylic acid groups (broad SMARTS) is 1. The van der Waals surface area contributed by atoms with Crippen LogP contribution in [0.1, 0.15) is 64.7 Å². The first-order valence-corrected chi connectivity index (χ1v) is 8.57. The highest BCUT2D eigenvalue weighted by Crippen LogP contribution is 2.57. The predicted octanol–water partition coefficient (Wildman–Crippen LogP) is 3.27. The summed E-state index contributed by atoms with van der Waals surface area (Å²) < 4.78 is 0. The van der Waals surface area contributed by atoms with E-state index in [4.69, 9.17) is 0 Å². The number of allylic oxidation sites excluding steroid dienone is 2. The van der Waals surface area contributed by atoms with E-state index in [0.29, 0.717) is 19.3 Å². The zero-order valence-corrected chi connectivity index (χ0v) is 13.5. The minimum Gasteiger partial charge on any atom is -0.481 e. The lowest BCUT2D eigenvalue weighted by atomic mass is 9.53. The number of fused-ring (bicyclic) bond motifs is 3. The van der Waals surface area contributed by atoms with E-state index in [1.807, 2.05) is 0 Å². The van der Waals surface area contributed by atoms with Crippen molar-refractivity contribution in [2.45, 2.75) is 64.7 Å². The van der Waals surface area contributed by atoms with Gasteiger partial charge < -0.3 is 10.4 Å². The molecular formula is C18H27NO3. The van der Waals surface area contributed by atoms with Crippen LogP contribution in [0.5, 0.6) is 0 Å². The summed E-state index contributed by atoms with van der Waals surface area (Å²) in [6.07, 6.45) is 11.9. The van der Waals surface area contributed by atoms with Crippen LogP contribution in [0.25, 0.3) is 0 Å². The van der Waals surface area contributed by atoms with Gasteiger partial charge in [-0.2, -0.15) is 0 Å². The van der Waals surface area contributed by atoms with Gasteiger partial charge in [-0.3, -0.25) is 9.59 Å². The van der Waals surface area contributed by atoms with Crippen molar-refractivity contribution < 1.29 is 14.7 Å². The van der Waals surface area contributed by atoms with Crippen molar-refractivity contribution in [3.05, 3.63) is 12.2 Å². The minimum atomic E-state index is -0.664. The highest BCUT2D eigenvalue weighted by molar-refractivity contribution is 5.84. The van der Waals surface area contributed by atoms with E-state index in [1.165, 1.54) is 0 Å². The summed E-state index contributed by atoms with van der Waals surface area (Å²) in [6, 6.07) is 0. The number of hydrogen-bond donors (Lipinski definition) is 2. The number of aliphatic carboxylic acids is 1. The van der Waals surface area contributed by atoms with Crippen molar-refractivity contribution in [2.75, 3.05) is 6.54 Å². The maximum Gasteiger partial charge on any atom is 0.309 e. The molecule has 1 atom stereocenters. The molecule has 1 unspecified atom stereocenters. The molecular weight excluding hydrogens is 278 g/mol. The third-order valence-corrected chi connectivity index (χ3v) is 6.55. The Morgan fingerprint density at radius 1 is 1.00 bits per heavy atom. The topological polar surface area (TPSA) is 66.4 Å². The Morgan fingerprint density at radius 2 is 1.59 bits per heavy atom. The zero-order valence-electron chi connectivity index (χ0n) is 13.5. The molecule has 22 heavy (non-hydrogen) atoms. The summed E-state index contributed by atoms with van der Waals surface area (Å²) in [5, 5.41) is 12.6. The average molecular weight is 305 g/mol. The fraction of sp³-hybridized carbons (Fsp3) is 0.778. The second-order valence-electron chi connectivity index (χ2n) is 8.07. The highest BCUT2D eigenvalue weighted by atomic mass is 16.4. The van der Waals surface area contributed by atoms with Gasteiger partial charge in [0.05, 0.1) is 5.41 Å². The third kappa shape index (κ3) is 2.57. The van der Waals surface area contributed by atoms with Crippen molar-refractivity contribution in [2.24, 2.45) is 16.2 Å². The van der Waals surface area contributed by atoms with Crippen LogP contribution in [0.2, 0.25) is 0 Å². The Hall–Kier alpha value is -1.32. The zero-order chi connectivity index (χ0) is 15.8. The van der Waals surface area contributed by atoms with Crippen LogP contribution < -0.4 is 5.32 Å². The standard InChI is InChI=1S/C18H27NO3/c1-16(5-3-2-4-6-16)13-19-14(20)17-7-10-18(11-8-17,12-9-17)15(21)22/h2-3H,4-13H2,1H3,(H,19,20)(H,21,22). The molecule has 0 heterocycles. The number of hydrogen-bond acceptors (Lipinski definition) is 2. The molecule has 0 aromatic rings. The fourth-order valence-electron chi connectivity index (χ4n) is 4.51. The Kier molecular flexibility index (Phi) is 3.82. The lowest BCUT2D eigenvalue weighted by molar-refractivity contribution is -0.163. The SMILES string of the molecule is CC1(CNC(=O)C23CCC(C(=O)O)(CC2)CC3)CC=CCC1. The molecule has 0 aliphatic heterocycles. The molecule has 0 saturated heterocycles. The lowest BCUT2D eigenvalue weighted by Gasteiger charge is -2.50. The molecule has 4 aliphatic rings. The number of carbonyl (C=O) groups is 2. The molecule has 4 aliphatic carbocycles. The van der Waals surface area contributed by atoms with Gasteiger partial charge in [-0.05, 0) is 63.2 Å². The van der Waals surface area contributed by atoms with Gasteiger partial charge in [-0.1, -0.05) is 19.1 Å². The molecule has 0 aromatic heterocycles. The average Bonchev–Trinajstić information content (AvgIpc) is 2.55. The quantitative estimate of drug-likeness (QED) is 0.783. The number of carbonyl (C=O) groups excluding carboxylic acids is 1. The van der Waals surface area contributed by atoms with Crippen molar-refractivity contribution >= 4 is 11.9 Å². The molecule has 3 saturated carbocycles. The van der Waals surface area contributed by atoms with Crippen LogP contribution in [-0.4, -0.2) is 23.5 Å². The molecule has 4 heteroatoms. The van der Waals surface area contributed by atoms with Gasteiger partial charge >= 0.3 is 5.97 Å². The Balaban J connectivity index is 1.60. The smallest absolute Gasteiger partial charge is 0.309 e. The van der Waals surface area contributed by atoms with E-state index >= 15 is 0 Å². The number of carboxylic acids is 1. The van der Waals surface area contributed by atoms with Crippen LogP contribution in [0, 0.1) is 16.2 Å². The summed E-state index contributed by atoms with van der Waals surface area (Å²) in [5.41, 5.74) is -0.657. The van der Waals surface area contributed by atoms with Crippen molar-refractivity contribution in [3.63, 3.8) is 0 Å². The molecule has 1 amide bonds. The van der Waals surface area contributed by atoms with E-state index < -0.39 is 11.4 Å². The molecule has 122 valence electrons. The molecule has 2 N–H and O–H groups in total. The first-order valence-electron chi connectivity index (χ1n) is 8.57. The van der Waals surface area contributed by atoms with Gasteiger partial charge in [0.1, 0.15) is 0 Å². The van der Waals surface area contributed by atoms with Crippen LogP contribution in [-0.2, 0) is 9.59 Å². The van der Waals surface area contributed by atoms with E-state index in [2.05, 4.69) is 24.4 Å². The molecule has 4 rings (SSSR count). The van der Waals surface area contributed by atoms with Crippen LogP contribution in [0.4, 0.5) is 0 Å². The van der Waals surface area contributed by atoms with E-state index in [-0.39, 0.29) is 16.7 Å². The van der Waals surface area contributed by atoms with Gasteiger partial charge in [0.15, 0.2) is 0 Å². The second-order valence-corrected chi connectivity index (χ2v) is 8.07. The second kappa shape index (κ2) is 5.39. The first-order chi connectivity index (χ1) is 10.4. The van der Waals surface area contributed by atoms with Gasteiger partial charge in [-0.15, -0.1) is 0 Å². The number of rotatable bonds is 4. The van der Waals surface area contributed by atoms with Gasteiger partial charge in [0.2, 0.25) is 5.91 Å². The van der Waals surface area contributed by atoms with Gasteiger partial charge in [0, 0.05) is 12.0 Å². The molecule has 0 spiro atoms. The molecule has 2 bridgehead atoms. The molecule has 3 fully saturated rings. The highest BCUT2D eigenvalue weighted by Gasteiger charge is 2.55. The number of amides is 1. The van der Waals surface area contributed by atoms with Gasteiger partial charge in [-0.25, -0.2) is 0 Å². The molecule has 0 radical (unpaired) electrons. The van der Waals surface area contributed by atoms with Crippen LogP contribution >= 0.6 is 0 Å². The van der Waals surface area contributed by atoms with Crippen LogP contribution in [0.3, 0.4) is 0 Å². The maximum atomic E-state index is 12.8. The van der Waals surface area contributed by atoms with E-state index in [9.17, 15) is 14.7 Å². The minimum absolute atomic E-state index is 0.168. The summed E-state index contributed by atoms with van der Waals surface area (Å²) in [5.74, 6) is -0.496. The lowest BCUT2D eigenvalue weighted by Crippen LogP contribution is -2.53. The summed E-state index contributed by atoms with van der Waals surface area (Å²) in [4.78, 5) is 24.2. The van der Waals surface area contributed by atoms with E-state index in [1.54, 1.807) is 0 Å². The summed E-state index contributed by atoms with van der Waals surface area (Å²) >= 11 is 0. The van der Waals surface area contributed by atoms with Gasteiger partial charge in [0.25, 0.3) is 0 Å². The fourth-order valence-corrected chi connectivity index (χ4v) is 4.51. The van der Waals surface area contributed by atoms with Crippen LogP contribution in [0.15, 0.2) is 12.2 Å². The Bertz CT molecular complexity index is 486. The normalized spacial score (nSPS) is 40.4. The third-order valence-electron chi connectivity index (χ3n) is 6.55. The largest absolute Gasteiger partial charge is 0.481 e. The first kappa shape index (κ1) is 15.6. The Morgan fingerprint density at radius 3 is 2.09 bits per heavy atom. The van der Waals surface area contributed by atoms with E-state index in [0.717, 1.165) is 45.1 Å². The summed E-state index contributed by atoms with van der Waals surface area (Å²) in [7, 11) is 0. The van der Waals surface area contributed by atoms with Crippen molar-refractivity contribution in [1.29, 1.82) is 0 Å². The number of nitrogens with one attached hydrogen (secondary N) is 1. The molecule has 0 aromatic carbocycles. The Labute approximate surface area is 132 Å². The summed E-state index contributed by atoms with van der Waals surface area (Å²) in [6.45, 7) is 2.98. The van der Waals surface area contributed by atoms with Crippen molar-refractivity contribution in [3.8, 4) is 0 Å². The maximum absolute atomic E-state index is 12.8.